The van der Waals surface area contributed by atoms with E-state index in [1.165, 1.54) is 49.2 Å². The minimum Gasteiger partial charge on any atom is -0.360 e. The van der Waals surface area contributed by atoms with Gasteiger partial charge in [0.05, 0.1) is 45.8 Å². The summed E-state index contributed by atoms with van der Waals surface area (Å²) in [6, 6.07) is 8.04. The zero-order valence-electron chi connectivity index (χ0n) is 10.8. The molecule has 0 aromatic heterocycles. The van der Waals surface area contributed by atoms with Gasteiger partial charge in [0.15, 0.2) is 5.69 Å². The van der Waals surface area contributed by atoms with Gasteiger partial charge >= 0.3 is 0 Å². The minimum absolute atomic E-state index is 0.735. The highest BCUT2D eigenvalue weighted by molar-refractivity contribution is 5.55. The third-order valence-corrected chi connectivity index (χ3v) is 4.55. The predicted molar refractivity (Wildman–Crippen MR) is 73.9 cm³/mol. The lowest BCUT2D eigenvalue weighted by Gasteiger charge is -2.42. The van der Waals surface area contributed by atoms with Crippen molar-refractivity contribution >= 4 is 11.4 Å². The normalized spacial score (nSPS) is 22.1. The Bertz CT molecular complexity index is 442. The molecule has 2 aliphatic rings. The maximum atomic E-state index is 6.98. The van der Waals surface area contributed by atoms with Crippen LogP contribution in [0.15, 0.2) is 24.3 Å². The Morgan fingerprint density at radius 1 is 0.944 bits per heavy atom. The van der Waals surface area contributed by atoms with Gasteiger partial charge in [-0.2, -0.15) is 0 Å². The van der Waals surface area contributed by atoms with Gasteiger partial charge in [0.25, 0.3) is 0 Å². The number of hydrogen-bond acceptors (Lipinski definition) is 1. The molecule has 0 saturated carbocycles. The van der Waals surface area contributed by atoms with Gasteiger partial charge in [-0.25, -0.2) is 4.85 Å². The molecule has 0 radical (unpaired) electrons. The number of hydrogen-bond donors (Lipinski definition) is 0. The van der Waals surface area contributed by atoms with Crippen LogP contribution in [-0.4, -0.2) is 43.8 Å². The fraction of sp³-hybridized carbons (Fsp3) is 0.533. The largest absolute Gasteiger partial charge is 0.360 e. The third-order valence-electron chi connectivity index (χ3n) is 4.55. The first-order chi connectivity index (χ1) is 8.81. The van der Waals surface area contributed by atoms with Crippen molar-refractivity contribution in [3.05, 3.63) is 35.7 Å². The highest BCUT2D eigenvalue weighted by Crippen LogP contribution is 2.26. The Kier molecular flexibility index (Phi) is 2.97. The fourth-order valence-corrected chi connectivity index (χ4v) is 3.34. The molecule has 2 aliphatic heterocycles. The number of nitrogens with zero attached hydrogens (tertiary/aromatic N) is 3. The maximum Gasteiger partial charge on any atom is 0.187 e. The highest BCUT2D eigenvalue weighted by Gasteiger charge is 2.35. The van der Waals surface area contributed by atoms with E-state index in [4.69, 9.17) is 6.57 Å². The molecule has 0 N–H and O–H groups in total. The molecule has 1 aromatic carbocycles. The van der Waals surface area contributed by atoms with Crippen LogP contribution in [0.25, 0.3) is 4.85 Å². The Balaban J connectivity index is 1.66. The molecule has 2 heterocycles. The van der Waals surface area contributed by atoms with E-state index in [0.717, 1.165) is 18.8 Å². The molecule has 0 amide bonds. The summed E-state index contributed by atoms with van der Waals surface area (Å²) in [7, 11) is 0. The number of quaternary nitrogens is 1. The fourth-order valence-electron chi connectivity index (χ4n) is 3.34. The summed E-state index contributed by atoms with van der Waals surface area (Å²) in [5.74, 6) is 0. The molecular weight excluding hydrogens is 222 g/mol. The standard InChI is InChI=1S/C15H20N3/c1-16-14-4-6-15(7-5-14)17-8-12-18(13-9-17)10-2-3-11-18/h4-7H,2-3,8-13H2/q+1. The van der Waals surface area contributed by atoms with Crippen LogP contribution in [0, 0.1) is 6.57 Å². The lowest BCUT2D eigenvalue weighted by atomic mass is 10.2. The van der Waals surface area contributed by atoms with E-state index in [-0.39, 0.29) is 0 Å². The van der Waals surface area contributed by atoms with E-state index >= 15 is 0 Å². The van der Waals surface area contributed by atoms with Crippen LogP contribution in [0.4, 0.5) is 11.4 Å². The molecule has 0 aliphatic carbocycles. The molecule has 0 unspecified atom stereocenters. The van der Waals surface area contributed by atoms with Gasteiger partial charge in [0.1, 0.15) is 0 Å². The van der Waals surface area contributed by atoms with Crippen LogP contribution in [0.3, 0.4) is 0 Å². The Labute approximate surface area is 109 Å². The summed E-state index contributed by atoms with van der Waals surface area (Å²) in [6.45, 7) is 14.7. The average molecular weight is 242 g/mol. The topological polar surface area (TPSA) is 7.60 Å². The molecule has 3 nitrogen and oxygen atoms in total. The van der Waals surface area contributed by atoms with E-state index in [1.54, 1.807) is 0 Å². The van der Waals surface area contributed by atoms with Crippen LogP contribution < -0.4 is 4.90 Å². The van der Waals surface area contributed by atoms with E-state index in [2.05, 4.69) is 21.9 Å². The van der Waals surface area contributed by atoms with E-state index in [0.29, 0.717) is 0 Å². The van der Waals surface area contributed by atoms with Crippen molar-refractivity contribution in [2.24, 2.45) is 0 Å². The Morgan fingerprint density at radius 2 is 1.56 bits per heavy atom. The molecular formula is C15H20N3+. The quantitative estimate of drug-likeness (QED) is 0.543. The molecule has 18 heavy (non-hydrogen) atoms. The first-order valence-electron chi connectivity index (χ1n) is 6.89. The summed E-state index contributed by atoms with van der Waals surface area (Å²) in [6.07, 6.45) is 2.83. The number of rotatable bonds is 1. The van der Waals surface area contributed by atoms with Crippen LogP contribution in [0.1, 0.15) is 12.8 Å². The number of anilines is 1. The second-order valence-electron chi connectivity index (χ2n) is 5.56. The number of piperazine rings is 1. The SMILES string of the molecule is [C-]#[N+]c1ccc(N2CC[N+]3(CCCC3)CC2)cc1. The lowest BCUT2D eigenvalue weighted by molar-refractivity contribution is -0.917. The van der Waals surface area contributed by atoms with Gasteiger partial charge in [0, 0.05) is 18.5 Å². The first kappa shape index (κ1) is 11.6. The molecule has 0 bridgehead atoms. The van der Waals surface area contributed by atoms with Crippen molar-refractivity contribution in [1.29, 1.82) is 0 Å². The zero-order valence-corrected chi connectivity index (χ0v) is 10.8. The molecule has 1 aromatic rings. The molecule has 2 saturated heterocycles. The summed E-state index contributed by atoms with van der Waals surface area (Å²) in [5.41, 5.74) is 2.01. The van der Waals surface area contributed by atoms with Crippen molar-refractivity contribution in [3.63, 3.8) is 0 Å². The van der Waals surface area contributed by atoms with Crippen molar-refractivity contribution < 1.29 is 4.48 Å². The van der Waals surface area contributed by atoms with Crippen LogP contribution in [-0.2, 0) is 0 Å². The predicted octanol–water partition coefficient (Wildman–Crippen LogP) is 2.67. The van der Waals surface area contributed by atoms with Crippen LogP contribution >= 0.6 is 0 Å². The van der Waals surface area contributed by atoms with Gasteiger partial charge < -0.3 is 9.38 Å². The molecule has 3 rings (SSSR count). The van der Waals surface area contributed by atoms with Gasteiger partial charge in [-0.3, -0.25) is 0 Å². The Morgan fingerprint density at radius 3 is 2.11 bits per heavy atom. The van der Waals surface area contributed by atoms with Crippen LogP contribution in [0.5, 0.6) is 0 Å². The maximum absolute atomic E-state index is 6.98. The summed E-state index contributed by atoms with van der Waals surface area (Å²) in [5, 5.41) is 0. The van der Waals surface area contributed by atoms with Crippen molar-refractivity contribution in [1.82, 2.24) is 0 Å². The molecule has 1 spiro atoms. The highest BCUT2D eigenvalue weighted by atomic mass is 15.4. The second kappa shape index (κ2) is 4.62. The first-order valence-corrected chi connectivity index (χ1v) is 6.89. The smallest absolute Gasteiger partial charge is 0.187 e. The average Bonchev–Trinajstić information content (AvgIpc) is 2.88. The molecule has 94 valence electrons. The van der Waals surface area contributed by atoms with Gasteiger partial charge in [-0.15, -0.1) is 0 Å². The summed E-state index contributed by atoms with van der Waals surface area (Å²) < 4.78 is 1.36. The minimum atomic E-state index is 0.735. The molecule has 3 heteroatoms. The molecule has 2 fully saturated rings. The van der Waals surface area contributed by atoms with E-state index in [1.807, 2.05) is 12.1 Å². The Hall–Kier alpha value is -1.53. The van der Waals surface area contributed by atoms with Gasteiger partial charge in [-0.1, -0.05) is 12.1 Å². The monoisotopic (exact) mass is 242 g/mol. The van der Waals surface area contributed by atoms with E-state index < -0.39 is 0 Å². The van der Waals surface area contributed by atoms with Gasteiger partial charge in [0.2, 0.25) is 0 Å². The van der Waals surface area contributed by atoms with Gasteiger partial charge in [-0.05, 0) is 12.1 Å². The summed E-state index contributed by atoms with van der Waals surface area (Å²) in [4.78, 5) is 5.91. The van der Waals surface area contributed by atoms with Crippen molar-refractivity contribution in [2.75, 3.05) is 44.2 Å². The lowest BCUT2D eigenvalue weighted by Crippen LogP contribution is -2.58. The zero-order chi connectivity index (χ0) is 12.4. The summed E-state index contributed by atoms with van der Waals surface area (Å²) >= 11 is 0. The van der Waals surface area contributed by atoms with E-state index in [9.17, 15) is 0 Å². The molecule has 0 atom stereocenters. The second-order valence-corrected chi connectivity index (χ2v) is 5.56. The number of benzene rings is 1. The van der Waals surface area contributed by atoms with Crippen molar-refractivity contribution in [3.8, 4) is 0 Å². The van der Waals surface area contributed by atoms with Crippen LogP contribution in [0.2, 0.25) is 0 Å². The van der Waals surface area contributed by atoms with Crippen molar-refractivity contribution in [2.45, 2.75) is 12.8 Å². The third kappa shape index (κ3) is 2.09.